The van der Waals surface area contributed by atoms with Crippen molar-refractivity contribution in [1.82, 2.24) is 15.3 Å². The lowest BCUT2D eigenvalue weighted by Gasteiger charge is -2.25. The Balaban J connectivity index is 1.93. The van der Waals surface area contributed by atoms with Crippen LogP contribution in [0.5, 0.6) is 0 Å². The topological polar surface area (TPSA) is 79.1 Å². The molecule has 6 nitrogen and oxygen atoms in total. The number of nitrogens with one attached hydrogen (secondary N) is 2. The zero-order chi connectivity index (χ0) is 12.5. The van der Waals surface area contributed by atoms with Gasteiger partial charge in [0.05, 0.1) is 0 Å². The predicted octanol–water partition coefficient (Wildman–Crippen LogP) is 0.215. The summed E-state index contributed by atoms with van der Waals surface area (Å²) in [6.45, 7) is 3.01. The summed E-state index contributed by atoms with van der Waals surface area (Å²) in [4.78, 5) is 11.1. The maximum Gasteiger partial charge on any atom is 0.223 e. The van der Waals surface area contributed by atoms with Crippen molar-refractivity contribution in [2.75, 3.05) is 42.6 Å². The smallest absolute Gasteiger partial charge is 0.223 e. The molecule has 3 rings (SSSR count). The van der Waals surface area contributed by atoms with Crippen LogP contribution in [0.1, 0.15) is 18.4 Å². The molecule has 1 aromatic rings. The highest BCUT2D eigenvalue weighted by molar-refractivity contribution is 5.63. The number of rotatable bonds is 2. The summed E-state index contributed by atoms with van der Waals surface area (Å²) >= 11 is 0. The maximum absolute atomic E-state index is 5.81. The third kappa shape index (κ3) is 1.96. The summed E-state index contributed by atoms with van der Waals surface area (Å²) < 4.78 is 0. The van der Waals surface area contributed by atoms with Gasteiger partial charge < -0.3 is 21.3 Å². The number of fused-ring (bicyclic) bond motifs is 1. The molecule has 1 fully saturated rings. The van der Waals surface area contributed by atoms with E-state index < -0.39 is 0 Å². The Hall–Kier alpha value is -1.56. The average Bonchev–Trinajstić information content (AvgIpc) is 2.86. The lowest BCUT2D eigenvalue weighted by atomic mass is 10.1. The van der Waals surface area contributed by atoms with Gasteiger partial charge in [-0.3, -0.25) is 0 Å². The molecule has 0 aromatic carbocycles. The molecular formula is C12H20N6. The van der Waals surface area contributed by atoms with Gasteiger partial charge in [0.25, 0.3) is 0 Å². The first-order chi connectivity index (χ1) is 8.78. The van der Waals surface area contributed by atoms with Crippen molar-refractivity contribution in [2.45, 2.75) is 25.3 Å². The Morgan fingerprint density at radius 1 is 1.44 bits per heavy atom. The zero-order valence-electron chi connectivity index (χ0n) is 10.7. The van der Waals surface area contributed by atoms with E-state index in [1.165, 1.54) is 5.56 Å². The lowest BCUT2D eigenvalue weighted by Crippen LogP contribution is -2.31. The maximum atomic E-state index is 5.81. The molecule has 4 N–H and O–H groups in total. The van der Waals surface area contributed by atoms with E-state index in [2.05, 4.69) is 25.5 Å². The van der Waals surface area contributed by atoms with E-state index in [0.717, 1.165) is 50.5 Å². The minimum atomic E-state index is 0.367. The second-order valence-electron chi connectivity index (χ2n) is 4.98. The molecule has 0 aliphatic carbocycles. The minimum absolute atomic E-state index is 0.367. The Bertz CT molecular complexity index is 446. The van der Waals surface area contributed by atoms with Crippen LogP contribution in [0, 0.1) is 0 Å². The van der Waals surface area contributed by atoms with Crippen molar-refractivity contribution in [2.24, 2.45) is 0 Å². The normalized spacial score (nSPS) is 22.7. The second-order valence-corrected chi connectivity index (χ2v) is 4.98. The van der Waals surface area contributed by atoms with Crippen LogP contribution in [0.2, 0.25) is 0 Å². The summed E-state index contributed by atoms with van der Waals surface area (Å²) in [5.41, 5.74) is 7.04. The van der Waals surface area contributed by atoms with Gasteiger partial charge in [0, 0.05) is 31.2 Å². The number of anilines is 3. The van der Waals surface area contributed by atoms with Crippen LogP contribution < -0.4 is 21.3 Å². The van der Waals surface area contributed by atoms with E-state index in [1.807, 2.05) is 7.05 Å². The molecule has 1 atom stereocenters. The van der Waals surface area contributed by atoms with Gasteiger partial charge in [0.1, 0.15) is 11.6 Å². The molecule has 1 saturated heterocycles. The quantitative estimate of drug-likeness (QED) is 0.694. The molecule has 0 amide bonds. The second kappa shape index (κ2) is 4.61. The summed E-state index contributed by atoms with van der Waals surface area (Å²) in [6, 6.07) is 0.549. The Kier molecular flexibility index (Phi) is 2.95. The minimum Gasteiger partial charge on any atom is -0.370 e. The average molecular weight is 248 g/mol. The molecule has 2 aliphatic rings. The first kappa shape index (κ1) is 11.5. The van der Waals surface area contributed by atoms with E-state index in [1.54, 1.807) is 0 Å². The molecule has 0 spiro atoms. The fourth-order valence-corrected chi connectivity index (χ4v) is 2.79. The van der Waals surface area contributed by atoms with Gasteiger partial charge in [0.15, 0.2) is 0 Å². The van der Waals surface area contributed by atoms with Crippen LogP contribution in [0.4, 0.5) is 17.6 Å². The SMILES string of the molecule is CNC1CCN(c2nc(N)nc3c2CCCN3)C1. The van der Waals surface area contributed by atoms with E-state index in [-0.39, 0.29) is 0 Å². The van der Waals surface area contributed by atoms with Crippen LogP contribution in [0.15, 0.2) is 0 Å². The van der Waals surface area contributed by atoms with Crippen molar-refractivity contribution >= 4 is 17.6 Å². The molecule has 3 heterocycles. The molecule has 1 unspecified atom stereocenters. The van der Waals surface area contributed by atoms with Crippen LogP contribution in [0.3, 0.4) is 0 Å². The van der Waals surface area contributed by atoms with E-state index >= 15 is 0 Å². The number of hydrogen-bond acceptors (Lipinski definition) is 6. The van der Waals surface area contributed by atoms with Crippen LogP contribution in [-0.4, -0.2) is 42.7 Å². The summed E-state index contributed by atoms with van der Waals surface area (Å²) in [7, 11) is 2.01. The Morgan fingerprint density at radius 2 is 2.33 bits per heavy atom. The Labute approximate surface area is 107 Å². The van der Waals surface area contributed by atoms with Gasteiger partial charge in [-0.2, -0.15) is 9.97 Å². The number of aromatic nitrogens is 2. The predicted molar refractivity (Wildman–Crippen MR) is 72.9 cm³/mol. The van der Waals surface area contributed by atoms with Gasteiger partial charge in [-0.25, -0.2) is 0 Å². The van der Waals surface area contributed by atoms with Crippen LogP contribution >= 0.6 is 0 Å². The highest BCUT2D eigenvalue weighted by atomic mass is 15.3. The standard InChI is InChI=1S/C12H20N6/c1-14-8-4-6-18(7-8)11-9-3-2-5-15-10(9)16-12(13)17-11/h8,14H,2-7H2,1H3,(H3,13,15,16,17). The molecular weight excluding hydrogens is 228 g/mol. The molecule has 6 heteroatoms. The molecule has 98 valence electrons. The van der Waals surface area contributed by atoms with E-state index in [0.29, 0.717) is 12.0 Å². The fourth-order valence-electron chi connectivity index (χ4n) is 2.79. The number of nitrogen functional groups attached to an aromatic ring is 1. The molecule has 1 aromatic heterocycles. The summed E-state index contributed by atoms with van der Waals surface area (Å²) in [5.74, 6) is 2.32. The molecule has 18 heavy (non-hydrogen) atoms. The van der Waals surface area contributed by atoms with Gasteiger partial charge in [-0.15, -0.1) is 0 Å². The number of hydrogen-bond donors (Lipinski definition) is 3. The van der Waals surface area contributed by atoms with Crippen molar-refractivity contribution < 1.29 is 0 Å². The number of nitrogens with zero attached hydrogens (tertiary/aromatic N) is 3. The van der Waals surface area contributed by atoms with Crippen molar-refractivity contribution in [3.63, 3.8) is 0 Å². The first-order valence-corrected chi connectivity index (χ1v) is 6.60. The third-order valence-electron chi connectivity index (χ3n) is 3.79. The number of likely N-dealkylation sites (N-methyl/N-ethyl adjacent to an activating group) is 1. The highest BCUT2D eigenvalue weighted by Gasteiger charge is 2.27. The third-order valence-corrected chi connectivity index (χ3v) is 3.79. The molecule has 2 aliphatic heterocycles. The monoisotopic (exact) mass is 248 g/mol. The van der Waals surface area contributed by atoms with E-state index in [4.69, 9.17) is 5.73 Å². The van der Waals surface area contributed by atoms with Gasteiger partial charge in [-0.05, 0) is 26.3 Å². The number of nitrogens with two attached hydrogens (primary N) is 1. The van der Waals surface area contributed by atoms with Crippen LogP contribution in [0.25, 0.3) is 0 Å². The molecule has 0 bridgehead atoms. The van der Waals surface area contributed by atoms with Crippen molar-refractivity contribution in [3.05, 3.63) is 5.56 Å². The zero-order valence-corrected chi connectivity index (χ0v) is 10.7. The van der Waals surface area contributed by atoms with Gasteiger partial charge in [-0.1, -0.05) is 0 Å². The largest absolute Gasteiger partial charge is 0.370 e. The summed E-state index contributed by atoms with van der Waals surface area (Å²) in [6.07, 6.45) is 3.33. The van der Waals surface area contributed by atoms with Crippen molar-refractivity contribution in [1.29, 1.82) is 0 Å². The Morgan fingerprint density at radius 3 is 3.11 bits per heavy atom. The molecule has 0 saturated carbocycles. The first-order valence-electron chi connectivity index (χ1n) is 6.60. The van der Waals surface area contributed by atoms with Crippen LogP contribution in [-0.2, 0) is 6.42 Å². The highest BCUT2D eigenvalue weighted by Crippen LogP contribution is 2.31. The van der Waals surface area contributed by atoms with Crippen molar-refractivity contribution in [3.8, 4) is 0 Å². The van der Waals surface area contributed by atoms with Gasteiger partial charge >= 0.3 is 0 Å². The lowest BCUT2D eigenvalue weighted by molar-refractivity contribution is 0.616. The van der Waals surface area contributed by atoms with E-state index in [9.17, 15) is 0 Å². The fraction of sp³-hybridized carbons (Fsp3) is 0.667. The van der Waals surface area contributed by atoms with Gasteiger partial charge in [0.2, 0.25) is 5.95 Å². The molecule has 0 radical (unpaired) electrons. The summed E-state index contributed by atoms with van der Waals surface area (Å²) in [5, 5.41) is 6.65.